The number of unbranched alkanes of at least 4 members (excludes halogenated alkanes) is 3. The quantitative estimate of drug-likeness (QED) is 0.159. The summed E-state index contributed by atoms with van der Waals surface area (Å²) in [6.45, 7) is 3.75. The van der Waals surface area contributed by atoms with Crippen LogP contribution in [0.2, 0.25) is 10.0 Å². The molecule has 0 aliphatic rings. The smallest absolute Gasteiger partial charge is 0.0918 e. The summed E-state index contributed by atoms with van der Waals surface area (Å²) >= 11 is 12.4. The Kier molecular flexibility index (Phi) is 12.5. The fraction of sp³-hybridized carbons (Fsp3) is 0.414. The molecule has 0 saturated carbocycles. The normalized spacial score (nSPS) is 12.2. The molecule has 3 rings (SSSR count). The number of aromatic nitrogens is 1. The molecule has 0 aliphatic heterocycles. The maximum absolute atomic E-state index is 10.9. The zero-order valence-corrected chi connectivity index (χ0v) is 22.3. The van der Waals surface area contributed by atoms with Crippen LogP contribution in [0.15, 0.2) is 67.0 Å². The number of benzene rings is 2. The van der Waals surface area contributed by atoms with Gasteiger partial charge in [-0.1, -0.05) is 72.4 Å². The van der Waals surface area contributed by atoms with Crippen molar-refractivity contribution in [3.63, 3.8) is 0 Å². The van der Waals surface area contributed by atoms with Gasteiger partial charge in [0.1, 0.15) is 0 Å². The fourth-order valence-corrected chi connectivity index (χ4v) is 4.65. The molecule has 0 amide bonds. The van der Waals surface area contributed by atoms with Crippen LogP contribution in [-0.2, 0) is 17.7 Å². The first-order valence-corrected chi connectivity index (χ1v) is 13.4. The van der Waals surface area contributed by atoms with E-state index in [0.29, 0.717) is 27.8 Å². The first kappa shape index (κ1) is 28.4. The van der Waals surface area contributed by atoms with Gasteiger partial charge in [0.25, 0.3) is 0 Å². The lowest BCUT2D eigenvalue weighted by atomic mass is 10.1. The third-order valence-corrected chi connectivity index (χ3v) is 6.78. The minimum absolute atomic E-state index is 0.341. The lowest BCUT2D eigenvalue weighted by molar-refractivity contribution is 0.107. The average Bonchev–Trinajstić information content (AvgIpc) is 2.89. The summed E-state index contributed by atoms with van der Waals surface area (Å²) in [5, 5.41) is 11.6. The number of ether oxygens (including phenoxy) is 1. The first-order valence-electron chi connectivity index (χ1n) is 12.7. The number of nitrogens with zero attached hydrogens (tertiary/aromatic N) is 2. The molecule has 5 nitrogen and oxygen atoms in total. The molecule has 0 bridgehead atoms. The van der Waals surface area contributed by atoms with E-state index < -0.39 is 6.10 Å². The van der Waals surface area contributed by atoms with Gasteiger partial charge in [-0.25, -0.2) is 0 Å². The van der Waals surface area contributed by atoms with Gasteiger partial charge in [-0.3, -0.25) is 9.88 Å². The zero-order valence-electron chi connectivity index (χ0n) is 20.8. The van der Waals surface area contributed by atoms with Crippen molar-refractivity contribution in [3.05, 3.63) is 93.7 Å². The van der Waals surface area contributed by atoms with Crippen LogP contribution >= 0.6 is 23.2 Å². The first-order chi connectivity index (χ1) is 17.5. The van der Waals surface area contributed by atoms with Crippen molar-refractivity contribution in [1.29, 1.82) is 0 Å². The number of nitrogen functional groups attached to an aromatic ring is 1. The minimum atomic E-state index is -0.704. The predicted octanol–water partition coefficient (Wildman–Crippen LogP) is 6.72. The number of rotatable bonds is 16. The Morgan fingerprint density at radius 2 is 1.58 bits per heavy atom. The van der Waals surface area contributed by atoms with Crippen LogP contribution in [0, 0.1) is 0 Å². The van der Waals surface area contributed by atoms with E-state index in [4.69, 9.17) is 33.7 Å². The number of aliphatic hydroxyl groups excluding tert-OH is 1. The van der Waals surface area contributed by atoms with Crippen LogP contribution < -0.4 is 5.73 Å². The highest BCUT2D eigenvalue weighted by molar-refractivity contribution is 6.38. The number of aliphatic hydroxyl groups is 1. The Labute approximate surface area is 225 Å². The van der Waals surface area contributed by atoms with Crippen LogP contribution in [0.4, 0.5) is 5.69 Å². The summed E-state index contributed by atoms with van der Waals surface area (Å²) in [5.41, 5.74) is 9.35. The second-order valence-corrected chi connectivity index (χ2v) is 9.94. The van der Waals surface area contributed by atoms with E-state index in [1.165, 1.54) is 11.1 Å². The summed E-state index contributed by atoms with van der Waals surface area (Å²) in [6, 6.07) is 17.8. The molecule has 0 saturated heterocycles. The summed E-state index contributed by atoms with van der Waals surface area (Å²) in [4.78, 5) is 6.43. The molecule has 3 aromatic rings. The van der Waals surface area contributed by atoms with Crippen molar-refractivity contribution in [2.45, 2.75) is 51.2 Å². The second kappa shape index (κ2) is 15.9. The molecule has 0 fully saturated rings. The standard InChI is InChI=1S/C29H37Cl2N3O2/c30-26-18-25(19-27(31)29(26)32)28(35)22-34(21-24-10-4-3-5-11-24)15-6-1-2-7-16-36-17-9-13-23-12-8-14-33-20-23/h3-5,8,10-12,14,18-20,28,35H,1-2,6-7,9,13,15-17,21-22,32H2. The van der Waals surface area contributed by atoms with Crippen molar-refractivity contribution in [3.8, 4) is 0 Å². The van der Waals surface area contributed by atoms with Crippen molar-refractivity contribution in [2.75, 3.05) is 32.0 Å². The molecular weight excluding hydrogens is 493 g/mol. The Morgan fingerprint density at radius 3 is 2.31 bits per heavy atom. The van der Waals surface area contributed by atoms with Gasteiger partial charge in [0.15, 0.2) is 0 Å². The topological polar surface area (TPSA) is 71.6 Å². The summed E-state index contributed by atoms with van der Waals surface area (Å²) in [7, 11) is 0. The molecule has 3 N–H and O–H groups in total. The van der Waals surface area contributed by atoms with E-state index in [9.17, 15) is 5.11 Å². The van der Waals surface area contributed by atoms with E-state index in [1.54, 1.807) is 18.3 Å². The maximum Gasteiger partial charge on any atom is 0.0918 e. The van der Waals surface area contributed by atoms with Crippen molar-refractivity contribution >= 4 is 28.9 Å². The van der Waals surface area contributed by atoms with E-state index >= 15 is 0 Å². The van der Waals surface area contributed by atoms with Gasteiger partial charge in [-0.05, 0) is 67.1 Å². The third-order valence-electron chi connectivity index (χ3n) is 6.16. The van der Waals surface area contributed by atoms with Crippen molar-refractivity contribution in [2.24, 2.45) is 0 Å². The monoisotopic (exact) mass is 529 g/mol. The Morgan fingerprint density at radius 1 is 0.889 bits per heavy atom. The molecule has 194 valence electrons. The highest BCUT2D eigenvalue weighted by Gasteiger charge is 2.16. The number of hydrogen-bond acceptors (Lipinski definition) is 5. The molecule has 2 aromatic carbocycles. The number of halogens is 2. The zero-order chi connectivity index (χ0) is 25.6. The highest BCUT2D eigenvalue weighted by Crippen LogP contribution is 2.31. The Balaban J connectivity index is 1.38. The molecule has 0 radical (unpaired) electrons. The third kappa shape index (κ3) is 10.1. The molecule has 1 unspecified atom stereocenters. The molecular formula is C29H37Cl2N3O2. The fourth-order valence-electron chi connectivity index (χ4n) is 4.14. The minimum Gasteiger partial charge on any atom is -0.396 e. The van der Waals surface area contributed by atoms with Crippen LogP contribution in [0.5, 0.6) is 0 Å². The van der Waals surface area contributed by atoms with Gasteiger partial charge in [0.2, 0.25) is 0 Å². The number of nitrogens with two attached hydrogens (primary N) is 1. The van der Waals surface area contributed by atoms with Crippen LogP contribution in [0.3, 0.4) is 0 Å². The van der Waals surface area contributed by atoms with E-state index in [-0.39, 0.29) is 0 Å². The summed E-state index contributed by atoms with van der Waals surface area (Å²) < 4.78 is 5.80. The van der Waals surface area contributed by atoms with Crippen LogP contribution in [0.1, 0.15) is 54.9 Å². The Hall–Kier alpha value is -2.15. The largest absolute Gasteiger partial charge is 0.396 e. The van der Waals surface area contributed by atoms with Gasteiger partial charge < -0.3 is 15.6 Å². The summed E-state index contributed by atoms with van der Waals surface area (Å²) in [5.74, 6) is 0. The molecule has 1 atom stereocenters. The average molecular weight is 531 g/mol. The lowest BCUT2D eigenvalue weighted by Gasteiger charge is -2.26. The number of aryl methyl sites for hydroxylation is 1. The predicted molar refractivity (Wildman–Crippen MR) is 149 cm³/mol. The molecule has 0 spiro atoms. The van der Waals surface area contributed by atoms with Gasteiger partial charge in [0, 0.05) is 38.7 Å². The Bertz CT molecular complexity index is 999. The van der Waals surface area contributed by atoms with E-state index in [1.807, 2.05) is 30.5 Å². The molecule has 1 aromatic heterocycles. The SMILES string of the molecule is Nc1c(Cl)cc(C(O)CN(CCCCCCOCCCc2cccnc2)Cc2ccccc2)cc1Cl. The van der Waals surface area contributed by atoms with E-state index in [2.05, 4.69) is 28.1 Å². The lowest BCUT2D eigenvalue weighted by Crippen LogP contribution is -2.29. The van der Waals surface area contributed by atoms with Gasteiger partial charge >= 0.3 is 0 Å². The van der Waals surface area contributed by atoms with Gasteiger partial charge in [0.05, 0.1) is 21.8 Å². The van der Waals surface area contributed by atoms with Gasteiger partial charge in [-0.2, -0.15) is 0 Å². The number of hydrogen-bond donors (Lipinski definition) is 2. The van der Waals surface area contributed by atoms with E-state index in [0.717, 1.165) is 64.8 Å². The molecule has 7 heteroatoms. The summed E-state index contributed by atoms with van der Waals surface area (Å²) in [6.07, 6.45) is 9.42. The van der Waals surface area contributed by atoms with Crippen molar-refractivity contribution in [1.82, 2.24) is 9.88 Å². The molecule has 1 heterocycles. The van der Waals surface area contributed by atoms with Crippen LogP contribution in [0.25, 0.3) is 0 Å². The molecule has 0 aliphatic carbocycles. The van der Waals surface area contributed by atoms with Crippen LogP contribution in [-0.4, -0.2) is 41.3 Å². The second-order valence-electron chi connectivity index (χ2n) is 9.13. The van der Waals surface area contributed by atoms with Crippen molar-refractivity contribution < 1.29 is 9.84 Å². The maximum atomic E-state index is 10.9. The molecule has 36 heavy (non-hydrogen) atoms. The number of pyridine rings is 1. The van der Waals surface area contributed by atoms with Gasteiger partial charge in [-0.15, -0.1) is 0 Å². The highest BCUT2D eigenvalue weighted by atomic mass is 35.5. The number of anilines is 1.